The van der Waals surface area contributed by atoms with Crippen LogP contribution < -0.4 is 4.74 Å². The monoisotopic (exact) mass is 392 g/mol. The highest BCUT2D eigenvalue weighted by Crippen LogP contribution is 2.38. The number of benzene rings is 1. The van der Waals surface area contributed by atoms with Crippen LogP contribution in [0.25, 0.3) is 0 Å². The third-order valence-corrected chi connectivity index (χ3v) is 5.14. The number of unbranched alkanes of at least 4 members (excludes halogenated alkanes) is 1. The Morgan fingerprint density at radius 1 is 1.21 bits per heavy atom. The third kappa shape index (κ3) is 5.57. The second kappa shape index (κ2) is 9.56. The molecule has 0 saturated carbocycles. The minimum Gasteiger partial charge on any atom is -0.493 e. The molecule has 0 spiro atoms. The van der Waals surface area contributed by atoms with Crippen molar-refractivity contribution in [3.8, 4) is 17.6 Å². The van der Waals surface area contributed by atoms with Crippen LogP contribution in [0, 0.1) is 11.8 Å². The van der Waals surface area contributed by atoms with Gasteiger partial charge in [0.05, 0.1) is 18.9 Å². The third-order valence-electron chi connectivity index (χ3n) is 5.14. The average Bonchev–Trinajstić information content (AvgIpc) is 2.71. The Bertz CT molecular complexity index is 925. The second-order valence-corrected chi connectivity index (χ2v) is 7.81. The quantitative estimate of drug-likeness (QED) is 0.419. The molecule has 29 heavy (non-hydrogen) atoms. The topological polar surface area (TPSA) is 61.3 Å². The molecule has 1 aliphatic heterocycles. The molecule has 0 N–H and O–H groups in total. The van der Waals surface area contributed by atoms with Crippen LogP contribution in [0.5, 0.6) is 5.75 Å². The Labute approximate surface area is 172 Å². The maximum atomic E-state index is 11.4. The lowest BCUT2D eigenvalue weighted by molar-refractivity contribution is -0.143. The summed E-state index contributed by atoms with van der Waals surface area (Å²) in [4.78, 5) is 20.3. The van der Waals surface area contributed by atoms with Crippen molar-refractivity contribution in [1.82, 2.24) is 9.97 Å². The molecule has 1 aliphatic rings. The van der Waals surface area contributed by atoms with Crippen LogP contribution in [0.3, 0.4) is 0 Å². The molecule has 1 aromatic carbocycles. The van der Waals surface area contributed by atoms with Crippen molar-refractivity contribution >= 4 is 5.97 Å². The van der Waals surface area contributed by atoms with Gasteiger partial charge < -0.3 is 9.47 Å². The zero-order valence-electron chi connectivity index (χ0n) is 17.5. The number of ether oxygens (including phenoxy) is 2. The predicted octanol–water partition coefficient (Wildman–Crippen LogP) is 4.21. The first-order valence-corrected chi connectivity index (χ1v) is 10.2. The Kier molecular flexibility index (Phi) is 6.87. The maximum absolute atomic E-state index is 11.4. The highest BCUT2D eigenvalue weighted by molar-refractivity contribution is 5.69. The fourth-order valence-electron chi connectivity index (χ4n) is 3.39. The number of hydrogen-bond donors (Lipinski definition) is 0. The number of fused-ring (bicyclic) bond motifs is 1. The lowest BCUT2D eigenvalue weighted by Crippen LogP contribution is -2.26. The lowest BCUT2D eigenvalue weighted by atomic mass is 9.79. The fraction of sp³-hybridized carbons (Fsp3) is 0.458. The van der Waals surface area contributed by atoms with Gasteiger partial charge in [-0.3, -0.25) is 9.78 Å². The summed E-state index contributed by atoms with van der Waals surface area (Å²) in [5.41, 5.74) is 3.79. The van der Waals surface area contributed by atoms with Gasteiger partial charge in [0, 0.05) is 29.9 Å². The SMILES string of the molecule is CCOC(=O)CCCCc1nccnc1C#Cc1ccc2c(c1)C(C)(C)CCO2. The van der Waals surface area contributed by atoms with Crippen molar-refractivity contribution in [2.24, 2.45) is 0 Å². The maximum Gasteiger partial charge on any atom is 0.305 e. The van der Waals surface area contributed by atoms with Crippen LogP contribution in [0.1, 0.15) is 69.0 Å². The van der Waals surface area contributed by atoms with E-state index in [9.17, 15) is 4.79 Å². The van der Waals surface area contributed by atoms with Crippen molar-refractivity contribution in [2.45, 2.75) is 58.3 Å². The van der Waals surface area contributed by atoms with Gasteiger partial charge in [-0.15, -0.1) is 0 Å². The summed E-state index contributed by atoms with van der Waals surface area (Å²) in [5, 5.41) is 0. The average molecular weight is 392 g/mol. The normalized spacial score (nSPS) is 14.2. The molecule has 0 unspecified atom stereocenters. The minimum atomic E-state index is -0.147. The standard InChI is InChI=1S/C24H28N2O3/c1-4-28-23(27)8-6-5-7-20-21(26-15-14-25-20)11-9-18-10-12-22-19(17-18)24(2,3)13-16-29-22/h10,12,14-15,17H,4-8,13,16H2,1-3H3. The van der Waals surface area contributed by atoms with Crippen molar-refractivity contribution in [3.05, 3.63) is 53.1 Å². The van der Waals surface area contributed by atoms with E-state index in [2.05, 4.69) is 41.7 Å². The minimum absolute atomic E-state index is 0.0852. The molecule has 0 radical (unpaired) electrons. The molecule has 5 nitrogen and oxygen atoms in total. The number of carbonyl (C=O) groups excluding carboxylic acids is 1. The molecule has 2 aromatic rings. The molecular weight excluding hydrogens is 364 g/mol. The van der Waals surface area contributed by atoms with Gasteiger partial charge in [0.2, 0.25) is 0 Å². The van der Waals surface area contributed by atoms with Crippen molar-refractivity contribution in [2.75, 3.05) is 13.2 Å². The van der Waals surface area contributed by atoms with Crippen LogP contribution >= 0.6 is 0 Å². The summed E-state index contributed by atoms with van der Waals surface area (Å²) in [5.74, 6) is 7.22. The van der Waals surface area contributed by atoms with Gasteiger partial charge in [-0.25, -0.2) is 4.98 Å². The van der Waals surface area contributed by atoms with E-state index >= 15 is 0 Å². The lowest BCUT2D eigenvalue weighted by Gasteiger charge is -2.32. The predicted molar refractivity (Wildman–Crippen MR) is 112 cm³/mol. The summed E-state index contributed by atoms with van der Waals surface area (Å²) in [7, 11) is 0. The molecule has 0 fully saturated rings. The fourth-order valence-corrected chi connectivity index (χ4v) is 3.39. The molecular formula is C24H28N2O3. The summed E-state index contributed by atoms with van der Waals surface area (Å²) in [6, 6.07) is 6.12. The number of esters is 1. The first-order valence-electron chi connectivity index (χ1n) is 10.2. The van der Waals surface area contributed by atoms with Crippen LogP contribution in [0.4, 0.5) is 0 Å². The zero-order valence-corrected chi connectivity index (χ0v) is 17.5. The Morgan fingerprint density at radius 2 is 2.03 bits per heavy atom. The van der Waals surface area contributed by atoms with Crippen molar-refractivity contribution in [1.29, 1.82) is 0 Å². The number of hydrogen-bond acceptors (Lipinski definition) is 5. The molecule has 0 atom stereocenters. The van der Waals surface area contributed by atoms with Crippen LogP contribution in [0.15, 0.2) is 30.6 Å². The molecule has 3 rings (SSSR count). The first kappa shape index (κ1) is 20.9. The first-order chi connectivity index (χ1) is 14.0. The van der Waals surface area contributed by atoms with E-state index in [1.165, 1.54) is 5.56 Å². The highest BCUT2D eigenvalue weighted by atomic mass is 16.5. The molecule has 1 aromatic heterocycles. The van der Waals surface area contributed by atoms with E-state index in [0.29, 0.717) is 18.7 Å². The Morgan fingerprint density at radius 3 is 2.86 bits per heavy atom. The van der Waals surface area contributed by atoms with Gasteiger partial charge in [0.15, 0.2) is 0 Å². The number of aromatic nitrogens is 2. The molecule has 0 aliphatic carbocycles. The Balaban J connectivity index is 1.69. The van der Waals surface area contributed by atoms with E-state index < -0.39 is 0 Å². The molecule has 2 heterocycles. The van der Waals surface area contributed by atoms with Gasteiger partial charge in [-0.1, -0.05) is 19.8 Å². The van der Waals surface area contributed by atoms with Crippen molar-refractivity contribution < 1.29 is 14.3 Å². The van der Waals surface area contributed by atoms with E-state index in [0.717, 1.165) is 49.3 Å². The molecule has 0 amide bonds. The Hall–Kier alpha value is -2.87. The summed E-state index contributed by atoms with van der Waals surface area (Å²) in [6.45, 7) is 7.48. The van der Waals surface area contributed by atoms with Crippen molar-refractivity contribution in [3.63, 3.8) is 0 Å². The van der Waals surface area contributed by atoms with Gasteiger partial charge in [0.1, 0.15) is 11.4 Å². The van der Waals surface area contributed by atoms with E-state index in [4.69, 9.17) is 9.47 Å². The van der Waals surface area contributed by atoms with E-state index in [1.807, 2.05) is 19.1 Å². The number of nitrogens with zero attached hydrogens (tertiary/aromatic N) is 2. The number of aryl methyl sites for hydroxylation is 1. The summed E-state index contributed by atoms with van der Waals surface area (Å²) >= 11 is 0. The molecule has 5 heteroatoms. The summed E-state index contributed by atoms with van der Waals surface area (Å²) < 4.78 is 10.7. The van der Waals surface area contributed by atoms with Crippen LogP contribution in [0.2, 0.25) is 0 Å². The highest BCUT2D eigenvalue weighted by Gasteiger charge is 2.28. The van der Waals surface area contributed by atoms with Gasteiger partial charge in [-0.05, 0) is 62.1 Å². The smallest absolute Gasteiger partial charge is 0.305 e. The molecule has 152 valence electrons. The molecule has 0 bridgehead atoms. The number of rotatable bonds is 6. The largest absolute Gasteiger partial charge is 0.493 e. The van der Waals surface area contributed by atoms with Gasteiger partial charge >= 0.3 is 5.97 Å². The number of carbonyl (C=O) groups is 1. The van der Waals surface area contributed by atoms with Gasteiger partial charge in [-0.2, -0.15) is 0 Å². The zero-order chi connectivity index (χ0) is 20.7. The van der Waals surface area contributed by atoms with Gasteiger partial charge in [0.25, 0.3) is 0 Å². The second-order valence-electron chi connectivity index (χ2n) is 7.81. The van der Waals surface area contributed by atoms with Crippen LogP contribution in [-0.2, 0) is 21.4 Å². The molecule has 0 saturated heterocycles. The van der Waals surface area contributed by atoms with Crippen LogP contribution in [-0.4, -0.2) is 29.2 Å². The van der Waals surface area contributed by atoms with E-state index in [1.54, 1.807) is 12.4 Å². The van der Waals surface area contributed by atoms with E-state index in [-0.39, 0.29) is 11.4 Å². The summed E-state index contributed by atoms with van der Waals surface area (Å²) in [6.07, 6.45) is 7.13.